The van der Waals surface area contributed by atoms with E-state index in [2.05, 4.69) is 5.32 Å². The second-order valence-electron chi connectivity index (χ2n) is 14.4. The summed E-state index contributed by atoms with van der Waals surface area (Å²) >= 11 is 0. The molecule has 61 heavy (non-hydrogen) atoms. The highest BCUT2D eigenvalue weighted by molar-refractivity contribution is 6.16. The third-order valence-corrected chi connectivity index (χ3v) is 10.5. The summed E-state index contributed by atoms with van der Waals surface area (Å²) in [6, 6.07) is 37.1. The van der Waals surface area contributed by atoms with Crippen molar-refractivity contribution in [1.82, 2.24) is 9.88 Å². The van der Waals surface area contributed by atoms with E-state index in [0.717, 1.165) is 17.7 Å². The molecule has 7 aromatic rings. The number of hydrogen-bond donors (Lipinski definition) is 1. The molecule has 9 rings (SSSR count). The van der Waals surface area contributed by atoms with Crippen LogP contribution in [0, 0.1) is 0 Å². The van der Waals surface area contributed by atoms with Gasteiger partial charge in [-0.05, 0) is 82.9 Å². The SMILES string of the molecule is FC(F)(F)C1=CC(=c2ccc(-n3c4ccccc4c4cc(-c5cc(C(F)(F)F)cc(C(F)(F)F)c5)ccc43)cc2=C2N=C(c3ccccc3)N=C(c3ccccc3)N2)CC=C1. The molecule has 2 aliphatic rings. The average Bonchev–Trinajstić information content (AvgIpc) is 3.59. The van der Waals surface area contributed by atoms with E-state index in [4.69, 9.17) is 9.98 Å². The first-order chi connectivity index (χ1) is 29.1. The van der Waals surface area contributed by atoms with Crippen molar-refractivity contribution in [3.05, 3.63) is 196 Å². The first-order valence-electron chi connectivity index (χ1n) is 18.8. The normalized spacial score (nSPS) is 16.6. The van der Waals surface area contributed by atoms with Gasteiger partial charge in [-0.1, -0.05) is 103 Å². The predicted octanol–water partition coefficient (Wildman–Crippen LogP) is 11.7. The highest BCUT2D eigenvalue weighted by Gasteiger charge is 2.37. The number of fused-ring (bicyclic) bond motifs is 3. The summed E-state index contributed by atoms with van der Waals surface area (Å²) in [4.78, 5) is 9.79. The van der Waals surface area contributed by atoms with Crippen molar-refractivity contribution in [2.24, 2.45) is 9.98 Å². The molecular weight excluding hydrogens is 804 g/mol. The maximum absolute atomic E-state index is 14.1. The van der Waals surface area contributed by atoms with E-state index >= 15 is 0 Å². The number of nitrogens with zero attached hydrogens (tertiary/aromatic N) is 3. The maximum atomic E-state index is 14.1. The molecule has 0 amide bonds. The van der Waals surface area contributed by atoms with Crippen LogP contribution in [-0.2, 0) is 12.4 Å². The number of amidine groups is 2. The Balaban J connectivity index is 1.31. The number of benzene rings is 6. The molecule has 0 radical (unpaired) electrons. The van der Waals surface area contributed by atoms with Crippen molar-refractivity contribution in [2.75, 3.05) is 0 Å². The molecule has 1 aromatic heterocycles. The van der Waals surface area contributed by atoms with Crippen LogP contribution in [0.3, 0.4) is 0 Å². The van der Waals surface area contributed by atoms with Crippen LogP contribution < -0.4 is 15.8 Å². The largest absolute Gasteiger partial charge is 0.416 e. The quantitative estimate of drug-likeness (QED) is 0.176. The maximum Gasteiger partial charge on any atom is 0.416 e. The van der Waals surface area contributed by atoms with E-state index in [-0.39, 0.29) is 23.6 Å². The van der Waals surface area contributed by atoms with Crippen LogP contribution in [0.4, 0.5) is 39.5 Å². The van der Waals surface area contributed by atoms with Crippen LogP contribution in [0.2, 0.25) is 0 Å². The van der Waals surface area contributed by atoms with Gasteiger partial charge in [0.15, 0.2) is 5.84 Å². The first-order valence-corrected chi connectivity index (χ1v) is 18.8. The Bertz CT molecular complexity index is 3100. The number of halogens is 9. The molecule has 0 unspecified atom stereocenters. The minimum Gasteiger partial charge on any atom is -0.324 e. The Labute approximate surface area is 341 Å². The minimum atomic E-state index is -5.03. The molecule has 4 nitrogen and oxygen atoms in total. The average molecular weight is 833 g/mol. The predicted molar refractivity (Wildman–Crippen MR) is 219 cm³/mol. The fourth-order valence-corrected chi connectivity index (χ4v) is 7.65. The smallest absolute Gasteiger partial charge is 0.324 e. The van der Waals surface area contributed by atoms with Gasteiger partial charge in [0.1, 0.15) is 11.7 Å². The Hall–Kier alpha value is -7.15. The van der Waals surface area contributed by atoms with Crippen molar-refractivity contribution in [3.8, 4) is 16.8 Å². The molecule has 6 aromatic carbocycles. The number of aliphatic imine (C=N–C) groups is 2. The van der Waals surface area contributed by atoms with E-state index in [9.17, 15) is 39.5 Å². The van der Waals surface area contributed by atoms with E-state index in [1.54, 1.807) is 48.5 Å². The van der Waals surface area contributed by atoms with Crippen molar-refractivity contribution >= 4 is 44.9 Å². The highest BCUT2D eigenvalue weighted by Crippen LogP contribution is 2.41. The molecule has 1 aliphatic heterocycles. The summed E-state index contributed by atoms with van der Waals surface area (Å²) in [6.45, 7) is 0. The van der Waals surface area contributed by atoms with Crippen molar-refractivity contribution in [2.45, 2.75) is 24.9 Å². The number of hydrogen-bond acceptors (Lipinski definition) is 3. The second-order valence-corrected chi connectivity index (χ2v) is 14.4. The van der Waals surface area contributed by atoms with Crippen LogP contribution in [0.1, 0.15) is 28.7 Å². The number of nitrogens with one attached hydrogen (secondary N) is 1. The minimum absolute atomic E-state index is 0.0947. The number of allylic oxidation sites excluding steroid dienone is 4. The zero-order chi connectivity index (χ0) is 42.7. The lowest BCUT2D eigenvalue weighted by atomic mass is 9.97. The summed E-state index contributed by atoms with van der Waals surface area (Å²) in [7, 11) is 0. The number of para-hydroxylation sites is 1. The Morgan fingerprint density at radius 3 is 1.82 bits per heavy atom. The standard InChI is InChI=1S/C48H29F9N4/c49-46(50,51)33-15-9-14-31(22-33)37-20-19-36(27-40(37)45-59-43(28-10-3-1-4-11-28)58-44(60-45)29-12-5-2-6-13-29)61-41-17-8-7-16-38(41)39-25-30(18-21-42(39)61)32-23-34(47(52,53)54)26-35(24-32)48(55,56)57/h1-13,15-27H,14H2,(H,58,59,60). The summed E-state index contributed by atoms with van der Waals surface area (Å²) in [5, 5.41) is 5.46. The van der Waals surface area contributed by atoms with Crippen molar-refractivity contribution in [1.29, 1.82) is 0 Å². The van der Waals surface area contributed by atoms with Gasteiger partial charge in [-0.3, -0.25) is 0 Å². The topological polar surface area (TPSA) is 41.7 Å². The van der Waals surface area contributed by atoms with E-state index < -0.39 is 35.2 Å². The molecule has 0 spiro atoms. The molecule has 0 saturated carbocycles. The molecule has 0 saturated heterocycles. The van der Waals surface area contributed by atoms with E-state index in [1.165, 1.54) is 12.1 Å². The molecule has 1 aliphatic carbocycles. The van der Waals surface area contributed by atoms with Gasteiger partial charge in [0.25, 0.3) is 0 Å². The fourth-order valence-electron chi connectivity index (χ4n) is 7.65. The van der Waals surface area contributed by atoms with Gasteiger partial charge in [-0.2, -0.15) is 39.5 Å². The van der Waals surface area contributed by atoms with Crippen molar-refractivity contribution < 1.29 is 39.5 Å². The molecule has 0 atom stereocenters. The molecule has 0 bridgehead atoms. The highest BCUT2D eigenvalue weighted by atomic mass is 19.4. The molecule has 2 heterocycles. The van der Waals surface area contributed by atoms with Gasteiger partial charge in [0, 0.05) is 32.8 Å². The van der Waals surface area contributed by atoms with Gasteiger partial charge in [0.2, 0.25) is 0 Å². The monoisotopic (exact) mass is 832 g/mol. The van der Waals surface area contributed by atoms with Crippen molar-refractivity contribution in [3.63, 3.8) is 0 Å². The van der Waals surface area contributed by atoms with Crippen LogP contribution in [0.25, 0.3) is 50.0 Å². The summed E-state index contributed by atoms with van der Waals surface area (Å²) < 4.78 is 127. The van der Waals surface area contributed by atoms with Gasteiger partial charge in [0.05, 0.1) is 27.7 Å². The van der Waals surface area contributed by atoms with Crippen LogP contribution in [-0.4, -0.2) is 22.4 Å². The third-order valence-electron chi connectivity index (χ3n) is 10.5. The zero-order valence-corrected chi connectivity index (χ0v) is 31.5. The Morgan fingerprint density at radius 2 is 1.15 bits per heavy atom. The second kappa shape index (κ2) is 14.8. The first kappa shape index (κ1) is 39.3. The van der Waals surface area contributed by atoms with Gasteiger partial charge < -0.3 is 9.88 Å². The Morgan fingerprint density at radius 1 is 0.508 bits per heavy atom. The fraction of sp³-hybridized carbons (Fsp3) is 0.0833. The number of rotatable bonds is 4. The van der Waals surface area contributed by atoms with E-state index in [0.29, 0.717) is 78.7 Å². The van der Waals surface area contributed by atoms with E-state index in [1.807, 2.05) is 71.3 Å². The van der Waals surface area contributed by atoms with Gasteiger partial charge in [-0.25, -0.2) is 9.98 Å². The summed E-state index contributed by atoms with van der Waals surface area (Å²) in [5.74, 6) is 1.12. The summed E-state index contributed by atoms with van der Waals surface area (Å²) in [6.07, 6.45) is -10.8. The molecular formula is C48H29F9N4. The zero-order valence-electron chi connectivity index (χ0n) is 31.5. The van der Waals surface area contributed by atoms with Crippen LogP contribution >= 0.6 is 0 Å². The van der Waals surface area contributed by atoms with Gasteiger partial charge in [-0.15, -0.1) is 0 Å². The number of aromatic nitrogens is 1. The lowest BCUT2D eigenvalue weighted by Gasteiger charge is -2.19. The molecule has 304 valence electrons. The van der Waals surface area contributed by atoms with Gasteiger partial charge >= 0.3 is 18.5 Å². The third kappa shape index (κ3) is 7.63. The number of alkyl halides is 9. The molecule has 13 heteroatoms. The van der Waals surface area contributed by atoms with Crippen LogP contribution in [0.5, 0.6) is 0 Å². The Kier molecular flexibility index (Phi) is 9.57. The molecule has 1 N–H and O–H groups in total. The lowest BCUT2D eigenvalue weighted by Crippen LogP contribution is -2.38. The lowest BCUT2D eigenvalue weighted by molar-refractivity contribution is -0.143. The summed E-state index contributed by atoms with van der Waals surface area (Å²) in [5.41, 5.74) is -0.206. The molecule has 0 fully saturated rings. The van der Waals surface area contributed by atoms with Crippen LogP contribution in [0.15, 0.2) is 173 Å².